The summed E-state index contributed by atoms with van der Waals surface area (Å²) in [5.74, 6) is -4.03. The number of carboxylic acids is 1. The molecule has 3 N–H and O–H groups in total. The number of carboxylic acid groups (broad SMARTS) is 1. The van der Waals surface area contributed by atoms with Crippen LogP contribution in [0.25, 0.3) is 0 Å². The average Bonchev–Trinajstić information content (AvgIpc) is 3.14. The van der Waals surface area contributed by atoms with Gasteiger partial charge >= 0.3 is 12.0 Å². The summed E-state index contributed by atoms with van der Waals surface area (Å²) < 4.78 is 42.0. The van der Waals surface area contributed by atoms with Crippen LogP contribution in [0.15, 0.2) is 46.7 Å². The molecule has 0 bridgehead atoms. The van der Waals surface area contributed by atoms with E-state index in [1.165, 1.54) is 23.1 Å². The zero-order valence-corrected chi connectivity index (χ0v) is 19.3. The van der Waals surface area contributed by atoms with Crippen molar-refractivity contribution in [2.75, 3.05) is 23.9 Å². The molecule has 3 rings (SSSR count). The van der Waals surface area contributed by atoms with Crippen molar-refractivity contribution < 1.29 is 56.6 Å². The van der Waals surface area contributed by atoms with E-state index in [1.54, 1.807) is 6.92 Å². The van der Waals surface area contributed by atoms with Crippen LogP contribution in [-0.4, -0.2) is 75.9 Å². The number of anilines is 1. The highest BCUT2D eigenvalue weighted by Crippen LogP contribution is 2.40. The van der Waals surface area contributed by atoms with Crippen LogP contribution in [0, 0.1) is 0 Å². The average molecular weight is 531 g/mol. The first-order valence-electron chi connectivity index (χ1n) is 9.47. The molecule has 0 saturated carbocycles. The predicted molar refractivity (Wildman–Crippen MR) is 115 cm³/mol. The molecule has 2 aliphatic heterocycles. The van der Waals surface area contributed by atoms with Gasteiger partial charge in [-0.15, -0.1) is 4.33 Å². The van der Waals surface area contributed by atoms with Gasteiger partial charge in [-0.3, -0.25) is 18.9 Å². The molecule has 0 aromatic heterocycles. The fourth-order valence-electron chi connectivity index (χ4n) is 3.17. The number of nitrogens with zero attached hydrogens (tertiary/aromatic N) is 3. The quantitative estimate of drug-likeness (QED) is 0.0769. The van der Waals surface area contributed by atoms with E-state index >= 15 is 0 Å². The van der Waals surface area contributed by atoms with Crippen LogP contribution in [0.4, 0.5) is 10.5 Å². The smallest absolute Gasteiger partial charge is 0.335 e. The van der Waals surface area contributed by atoms with Crippen LogP contribution in [0.2, 0.25) is 0 Å². The number of rotatable bonds is 9. The van der Waals surface area contributed by atoms with E-state index in [-0.39, 0.29) is 28.8 Å². The minimum atomic E-state index is -4.49. The highest BCUT2D eigenvalue weighted by Gasteiger charge is 2.43. The summed E-state index contributed by atoms with van der Waals surface area (Å²) in [6.07, 6.45) is 2.22. The monoisotopic (exact) mass is 531 g/mol. The molecule has 0 atom stereocenters. The van der Waals surface area contributed by atoms with Crippen LogP contribution < -0.4 is 9.64 Å². The van der Waals surface area contributed by atoms with Crippen LogP contribution in [0.1, 0.15) is 6.92 Å². The number of urea groups is 1. The van der Waals surface area contributed by atoms with Crippen molar-refractivity contribution in [1.82, 2.24) is 9.80 Å². The van der Waals surface area contributed by atoms with Gasteiger partial charge in [0.15, 0.2) is 5.75 Å². The number of imide groups is 2. The van der Waals surface area contributed by atoms with E-state index in [1.807, 2.05) is 0 Å². The normalized spacial score (nSPS) is 18.5. The zero-order valence-electron chi connectivity index (χ0n) is 17.7. The lowest BCUT2D eigenvalue weighted by molar-refractivity contribution is -0.432. The van der Waals surface area contributed by atoms with Crippen molar-refractivity contribution in [2.24, 2.45) is 0 Å². The number of amides is 4. The fourth-order valence-corrected chi connectivity index (χ4v) is 4.09. The van der Waals surface area contributed by atoms with E-state index in [2.05, 4.69) is 9.37 Å². The second kappa shape index (κ2) is 10.4. The van der Waals surface area contributed by atoms with Crippen molar-refractivity contribution in [3.05, 3.63) is 41.8 Å². The summed E-state index contributed by atoms with van der Waals surface area (Å²) >= 11 is 0.315. The Labute approximate surface area is 201 Å². The number of barbiturate groups is 1. The predicted octanol–water partition coefficient (Wildman–Crippen LogP) is 0.822. The summed E-state index contributed by atoms with van der Waals surface area (Å²) in [6.45, 7) is 0.925. The summed E-state index contributed by atoms with van der Waals surface area (Å²) in [5, 5.41) is 20.7. The van der Waals surface area contributed by atoms with Gasteiger partial charge < -0.3 is 14.7 Å². The van der Waals surface area contributed by atoms with Crippen molar-refractivity contribution in [2.45, 2.75) is 11.8 Å². The molecular formula is C18H17N3O12S2. The van der Waals surface area contributed by atoms with Crippen LogP contribution in [0.5, 0.6) is 5.75 Å². The topological polar surface area (TPSA) is 201 Å². The first-order chi connectivity index (χ1) is 16.5. The fraction of sp³-hybridized carbons (Fsp3) is 0.222. The first-order valence-corrected chi connectivity index (χ1v) is 11.8. The van der Waals surface area contributed by atoms with E-state index < -0.39 is 51.9 Å². The van der Waals surface area contributed by atoms with Crippen molar-refractivity contribution in [1.29, 1.82) is 0 Å². The van der Waals surface area contributed by atoms with E-state index in [9.17, 15) is 32.1 Å². The van der Waals surface area contributed by atoms with Crippen molar-refractivity contribution in [3.8, 4) is 5.75 Å². The number of allylic oxidation sites excluding steroid dienone is 2. The number of ether oxygens (including phenoxy) is 1. The standard InChI is InChI=1S/C18H17N3O12S2/c1-2-19-12-7-10(35(28,29)30)3-5-13(12)31-14(19)6-4-11-16(24)20(8-15(22)23)18(26)21(17(11)25)9-34-33-32-27/h3-7,27H,2,8-9H2,1H3,(H,22,23)(H,28,29,30). The van der Waals surface area contributed by atoms with Crippen LogP contribution in [-0.2, 0) is 33.9 Å². The molecule has 1 fully saturated rings. The molecule has 0 unspecified atom stereocenters. The lowest BCUT2D eigenvalue weighted by Gasteiger charge is -2.32. The van der Waals surface area contributed by atoms with E-state index in [0.29, 0.717) is 21.8 Å². The summed E-state index contributed by atoms with van der Waals surface area (Å²) in [6, 6.07) is 2.38. The molecule has 1 aromatic rings. The van der Waals surface area contributed by atoms with Gasteiger partial charge in [-0.2, -0.15) is 8.42 Å². The Bertz CT molecular complexity index is 1240. The van der Waals surface area contributed by atoms with Gasteiger partial charge in [0, 0.05) is 6.54 Å². The zero-order chi connectivity index (χ0) is 25.9. The third-order valence-corrected chi connectivity index (χ3v) is 6.05. The van der Waals surface area contributed by atoms with E-state index in [4.69, 9.17) is 15.1 Å². The van der Waals surface area contributed by atoms with Gasteiger partial charge in [0.05, 0.1) is 22.6 Å². The number of hydrogen-bond acceptors (Lipinski definition) is 12. The molecule has 1 aromatic carbocycles. The lowest BCUT2D eigenvalue weighted by Crippen LogP contribution is -2.57. The van der Waals surface area contributed by atoms with Gasteiger partial charge in [-0.05, 0) is 37.3 Å². The Hall–Kier alpha value is -3.48. The molecule has 2 aliphatic rings. The van der Waals surface area contributed by atoms with E-state index in [0.717, 1.165) is 12.1 Å². The third kappa shape index (κ3) is 5.45. The Kier molecular flexibility index (Phi) is 7.78. The highest BCUT2D eigenvalue weighted by atomic mass is 32.2. The molecular weight excluding hydrogens is 514 g/mol. The number of carbonyl (C=O) groups is 4. The maximum atomic E-state index is 12.8. The second-order valence-corrected chi connectivity index (χ2v) is 8.78. The van der Waals surface area contributed by atoms with Gasteiger partial charge in [0.25, 0.3) is 21.9 Å². The highest BCUT2D eigenvalue weighted by molar-refractivity contribution is 7.94. The third-order valence-electron chi connectivity index (χ3n) is 4.68. The number of benzene rings is 1. The van der Waals surface area contributed by atoms with Gasteiger partial charge in [0.2, 0.25) is 5.88 Å². The number of aliphatic carboxylic acids is 1. The summed E-state index contributed by atoms with van der Waals surface area (Å²) in [4.78, 5) is 51.1. The summed E-state index contributed by atoms with van der Waals surface area (Å²) in [5.41, 5.74) is -0.298. The molecule has 188 valence electrons. The lowest BCUT2D eigenvalue weighted by atomic mass is 10.1. The maximum Gasteiger partial charge on any atom is 0.335 e. The molecule has 2 heterocycles. The molecule has 35 heavy (non-hydrogen) atoms. The van der Waals surface area contributed by atoms with Crippen LogP contribution in [0.3, 0.4) is 0 Å². The SMILES string of the molecule is CCN1C(=CC=C2C(=O)N(CSOOO)C(=O)N(CC(=O)O)C2=O)Oc2ccc(S(=O)(=O)O)cc21. The molecule has 0 aliphatic carbocycles. The molecule has 0 radical (unpaired) electrons. The van der Waals surface area contributed by atoms with Crippen molar-refractivity contribution >= 4 is 51.7 Å². The molecule has 1 saturated heterocycles. The second-order valence-electron chi connectivity index (χ2n) is 6.73. The molecule has 4 amide bonds. The first kappa shape index (κ1) is 26.1. The maximum absolute atomic E-state index is 12.8. The largest absolute Gasteiger partial charge is 0.480 e. The van der Waals surface area contributed by atoms with Gasteiger partial charge in [-0.1, -0.05) is 5.04 Å². The minimum absolute atomic E-state index is 0.0720. The van der Waals surface area contributed by atoms with Crippen molar-refractivity contribution in [3.63, 3.8) is 0 Å². The number of fused-ring (bicyclic) bond motifs is 1. The Morgan fingerprint density at radius 3 is 2.43 bits per heavy atom. The minimum Gasteiger partial charge on any atom is -0.480 e. The molecule has 0 spiro atoms. The molecule has 15 nitrogen and oxygen atoms in total. The van der Waals surface area contributed by atoms with Crippen LogP contribution >= 0.6 is 12.0 Å². The molecule has 17 heteroatoms. The Morgan fingerprint density at radius 2 is 1.83 bits per heavy atom. The Morgan fingerprint density at radius 1 is 1.14 bits per heavy atom. The summed E-state index contributed by atoms with van der Waals surface area (Å²) in [7, 11) is -4.49. The Balaban J connectivity index is 1.97. The van der Waals surface area contributed by atoms with Gasteiger partial charge in [-0.25, -0.2) is 19.9 Å². The van der Waals surface area contributed by atoms with Gasteiger partial charge in [0.1, 0.15) is 18.0 Å². The number of carbonyl (C=O) groups excluding carboxylic acids is 3. The number of hydrogen-bond donors (Lipinski definition) is 3.